The van der Waals surface area contributed by atoms with Crippen LogP contribution in [0.4, 0.5) is 36.2 Å². The number of benzene rings is 2. The fraction of sp³-hybridized carbons (Fsp3) is 0.0588. The van der Waals surface area contributed by atoms with E-state index in [1.165, 1.54) is 12.4 Å². The summed E-state index contributed by atoms with van der Waals surface area (Å²) in [5.41, 5.74) is 0.439. The Balaban J connectivity index is 1.84. The third kappa shape index (κ3) is 3.63. The molecule has 1 heterocycles. The normalized spacial score (nSPS) is 10.4. The predicted octanol–water partition coefficient (Wildman–Crippen LogP) is 4.39. The summed E-state index contributed by atoms with van der Waals surface area (Å²) in [6.07, 6.45) is 1.25. The number of methoxy groups -OCH3 is 1. The molecule has 0 aliphatic rings. The highest BCUT2D eigenvalue weighted by Crippen LogP contribution is 2.27. The molecule has 25 heavy (non-hydrogen) atoms. The molecule has 0 saturated heterocycles. The topological polar surface area (TPSA) is 59.1 Å². The van der Waals surface area contributed by atoms with Crippen LogP contribution in [0.2, 0.25) is 0 Å². The van der Waals surface area contributed by atoms with E-state index in [4.69, 9.17) is 4.74 Å². The Morgan fingerprint density at radius 2 is 1.52 bits per heavy atom. The number of halogens is 3. The maximum Gasteiger partial charge on any atom is 0.196 e. The van der Waals surface area contributed by atoms with Gasteiger partial charge < -0.3 is 15.4 Å². The monoisotopic (exact) mass is 346 g/mol. The summed E-state index contributed by atoms with van der Waals surface area (Å²) in [4.78, 5) is 8.00. The van der Waals surface area contributed by atoms with E-state index in [2.05, 4.69) is 20.6 Å². The average Bonchev–Trinajstić information content (AvgIpc) is 2.63. The second kappa shape index (κ2) is 7.08. The van der Waals surface area contributed by atoms with E-state index >= 15 is 0 Å². The lowest BCUT2D eigenvalue weighted by Gasteiger charge is -2.12. The molecule has 0 radical (unpaired) electrons. The van der Waals surface area contributed by atoms with Crippen LogP contribution in [0, 0.1) is 17.5 Å². The lowest BCUT2D eigenvalue weighted by molar-refractivity contribution is 0.417. The summed E-state index contributed by atoms with van der Waals surface area (Å²) in [7, 11) is 1.54. The number of ether oxygens (including phenoxy) is 1. The Kier molecular flexibility index (Phi) is 4.69. The minimum atomic E-state index is -1.55. The van der Waals surface area contributed by atoms with Crippen molar-refractivity contribution in [1.29, 1.82) is 0 Å². The number of para-hydroxylation sites is 2. The van der Waals surface area contributed by atoms with Gasteiger partial charge in [-0.15, -0.1) is 0 Å². The minimum absolute atomic E-state index is 0.206. The van der Waals surface area contributed by atoms with Crippen molar-refractivity contribution >= 4 is 23.0 Å². The third-order valence-corrected chi connectivity index (χ3v) is 3.33. The fourth-order valence-corrected chi connectivity index (χ4v) is 2.14. The van der Waals surface area contributed by atoms with Gasteiger partial charge in [0.15, 0.2) is 17.5 Å². The number of aromatic nitrogens is 2. The number of anilines is 4. The Bertz CT molecular complexity index is 905. The Labute approximate surface area is 141 Å². The van der Waals surface area contributed by atoms with Crippen LogP contribution >= 0.6 is 0 Å². The standard InChI is InChI=1S/C17H13F3N4O/c1-25-13-5-3-2-4-11(13)23-14-8-15(22-9-21-14)24-12-7-6-10(18)16(19)17(12)20/h2-9H,1H3,(H2,21,22,23,24). The molecule has 0 unspecified atom stereocenters. The van der Waals surface area contributed by atoms with E-state index in [1.807, 2.05) is 12.1 Å². The van der Waals surface area contributed by atoms with Crippen LogP contribution in [0.3, 0.4) is 0 Å². The highest BCUT2D eigenvalue weighted by molar-refractivity contribution is 5.67. The number of nitrogens with zero attached hydrogens (tertiary/aromatic N) is 2. The van der Waals surface area contributed by atoms with E-state index in [0.717, 1.165) is 12.1 Å². The van der Waals surface area contributed by atoms with Gasteiger partial charge in [0.2, 0.25) is 0 Å². The molecular weight excluding hydrogens is 333 g/mol. The number of hydrogen-bond acceptors (Lipinski definition) is 5. The van der Waals surface area contributed by atoms with E-state index in [0.29, 0.717) is 17.3 Å². The molecule has 0 spiro atoms. The van der Waals surface area contributed by atoms with Crippen molar-refractivity contribution in [2.24, 2.45) is 0 Å². The molecule has 5 nitrogen and oxygen atoms in total. The largest absolute Gasteiger partial charge is 0.495 e. The highest BCUT2D eigenvalue weighted by atomic mass is 19.2. The smallest absolute Gasteiger partial charge is 0.196 e. The van der Waals surface area contributed by atoms with Crippen LogP contribution < -0.4 is 15.4 Å². The zero-order valence-electron chi connectivity index (χ0n) is 13.1. The maximum atomic E-state index is 13.7. The molecular formula is C17H13F3N4O. The molecule has 2 N–H and O–H groups in total. The molecule has 3 aromatic rings. The van der Waals surface area contributed by atoms with Crippen molar-refractivity contribution in [3.8, 4) is 5.75 Å². The van der Waals surface area contributed by atoms with Gasteiger partial charge in [0.05, 0.1) is 18.5 Å². The predicted molar refractivity (Wildman–Crippen MR) is 87.9 cm³/mol. The molecule has 0 atom stereocenters. The van der Waals surface area contributed by atoms with Gasteiger partial charge in [-0.3, -0.25) is 0 Å². The van der Waals surface area contributed by atoms with Crippen LogP contribution in [0.1, 0.15) is 0 Å². The van der Waals surface area contributed by atoms with Gasteiger partial charge in [-0.25, -0.2) is 23.1 Å². The summed E-state index contributed by atoms with van der Waals surface area (Å²) in [6, 6.07) is 10.6. The molecule has 1 aromatic heterocycles. The molecule has 2 aromatic carbocycles. The lowest BCUT2D eigenvalue weighted by atomic mass is 10.2. The van der Waals surface area contributed by atoms with Crippen molar-refractivity contribution in [1.82, 2.24) is 9.97 Å². The first-order chi connectivity index (χ1) is 12.1. The fourth-order valence-electron chi connectivity index (χ4n) is 2.14. The second-order valence-electron chi connectivity index (χ2n) is 4.96. The maximum absolute atomic E-state index is 13.7. The Morgan fingerprint density at radius 3 is 2.24 bits per heavy atom. The summed E-state index contributed by atoms with van der Waals surface area (Å²) in [5.74, 6) is -2.90. The van der Waals surface area contributed by atoms with Gasteiger partial charge in [0.1, 0.15) is 23.7 Å². The first kappa shape index (κ1) is 16.6. The third-order valence-electron chi connectivity index (χ3n) is 3.33. The molecule has 0 amide bonds. The minimum Gasteiger partial charge on any atom is -0.495 e. The van der Waals surface area contributed by atoms with E-state index in [1.54, 1.807) is 19.2 Å². The van der Waals surface area contributed by atoms with E-state index < -0.39 is 17.5 Å². The zero-order valence-corrected chi connectivity index (χ0v) is 13.1. The molecule has 8 heteroatoms. The SMILES string of the molecule is COc1ccccc1Nc1cc(Nc2ccc(F)c(F)c2F)ncn1. The molecule has 3 rings (SSSR count). The average molecular weight is 346 g/mol. The van der Waals surface area contributed by atoms with Crippen LogP contribution in [0.15, 0.2) is 48.8 Å². The van der Waals surface area contributed by atoms with Crippen LogP contribution in [-0.2, 0) is 0 Å². The van der Waals surface area contributed by atoms with Gasteiger partial charge in [-0.2, -0.15) is 0 Å². The molecule has 0 fully saturated rings. The Hall–Kier alpha value is -3.29. The van der Waals surface area contributed by atoms with Crippen molar-refractivity contribution in [3.05, 3.63) is 66.2 Å². The van der Waals surface area contributed by atoms with Crippen LogP contribution in [0.5, 0.6) is 5.75 Å². The first-order valence-electron chi connectivity index (χ1n) is 7.21. The molecule has 0 bridgehead atoms. The molecule has 0 aliphatic carbocycles. The summed E-state index contributed by atoms with van der Waals surface area (Å²) >= 11 is 0. The highest BCUT2D eigenvalue weighted by Gasteiger charge is 2.14. The molecule has 0 aliphatic heterocycles. The zero-order chi connectivity index (χ0) is 17.8. The summed E-state index contributed by atoms with van der Waals surface area (Å²) < 4.78 is 45.3. The Morgan fingerprint density at radius 1 is 0.840 bits per heavy atom. The quantitative estimate of drug-likeness (QED) is 0.671. The molecule has 128 valence electrons. The van der Waals surface area contributed by atoms with Gasteiger partial charge in [0, 0.05) is 6.07 Å². The summed E-state index contributed by atoms with van der Waals surface area (Å²) in [5, 5.41) is 5.63. The van der Waals surface area contributed by atoms with E-state index in [-0.39, 0.29) is 11.5 Å². The van der Waals surface area contributed by atoms with Gasteiger partial charge in [-0.05, 0) is 24.3 Å². The van der Waals surface area contributed by atoms with Gasteiger partial charge in [0.25, 0.3) is 0 Å². The first-order valence-corrected chi connectivity index (χ1v) is 7.21. The van der Waals surface area contributed by atoms with Crippen molar-refractivity contribution in [2.75, 3.05) is 17.7 Å². The lowest BCUT2D eigenvalue weighted by Crippen LogP contribution is -2.02. The van der Waals surface area contributed by atoms with Crippen molar-refractivity contribution in [2.45, 2.75) is 0 Å². The number of nitrogens with one attached hydrogen (secondary N) is 2. The van der Waals surface area contributed by atoms with Crippen LogP contribution in [-0.4, -0.2) is 17.1 Å². The number of hydrogen-bond donors (Lipinski definition) is 2. The van der Waals surface area contributed by atoms with Crippen LogP contribution in [0.25, 0.3) is 0 Å². The number of rotatable bonds is 5. The molecule has 0 saturated carbocycles. The second-order valence-corrected chi connectivity index (χ2v) is 4.96. The van der Waals surface area contributed by atoms with Crippen molar-refractivity contribution in [3.63, 3.8) is 0 Å². The van der Waals surface area contributed by atoms with Gasteiger partial charge in [-0.1, -0.05) is 12.1 Å². The summed E-state index contributed by atoms with van der Waals surface area (Å²) in [6.45, 7) is 0. The van der Waals surface area contributed by atoms with Gasteiger partial charge >= 0.3 is 0 Å². The van der Waals surface area contributed by atoms with E-state index in [9.17, 15) is 13.2 Å². The van der Waals surface area contributed by atoms with Crippen molar-refractivity contribution < 1.29 is 17.9 Å².